The van der Waals surface area contributed by atoms with Crippen LogP contribution in [-0.2, 0) is 0 Å². The molecule has 0 heterocycles. The van der Waals surface area contributed by atoms with Gasteiger partial charge in [0.1, 0.15) is 0 Å². The molecule has 4 nitrogen and oxygen atoms in total. The van der Waals surface area contributed by atoms with Gasteiger partial charge in [-0.05, 0) is 24.3 Å². The number of aromatic hydroxyl groups is 1. The van der Waals surface area contributed by atoms with Gasteiger partial charge in [0.05, 0.1) is 16.3 Å². The topological polar surface area (TPSA) is 75.3 Å². The lowest BCUT2D eigenvalue weighted by Gasteiger charge is -2.10. The van der Waals surface area contributed by atoms with E-state index in [1.165, 1.54) is 18.2 Å². The van der Waals surface area contributed by atoms with Crippen LogP contribution in [0.5, 0.6) is 5.75 Å². The molecule has 4 N–H and O–H groups in total. The number of phenols is 1. The van der Waals surface area contributed by atoms with Crippen molar-refractivity contribution in [2.75, 3.05) is 11.1 Å². The van der Waals surface area contributed by atoms with Crippen molar-refractivity contribution in [1.82, 2.24) is 0 Å². The summed E-state index contributed by atoms with van der Waals surface area (Å²) in [5, 5.41) is 11.4. The van der Waals surface area contributed by atoms with Crippen LogP contribution in [-0.4, -0.2) is 11.0 Å². The number of nitrogen functional groups attached to an aromatic ring is 1. The minimum Gasteiger partial charge on any atom is -0.503 e. The third-order valence-corrected chi connectivity index (χ3v) is 2.95. The Morgan fingerprint density at radius 2 is 1.86 bits per heavy atom. The van der Waals surface area contributed by atoms with Crippen LogP contribution in [0.1, 0.15) is 10.4 Å². The number of carbonyl (C=O) groups is 1. The van der Waals surface area contributed by atoms with Gasteiger partial charge in [-0.2, -0.15) is 4.39 Å². The molecular weight excluding hydrogens is 309 g/mol. The maximum atomic E-state index is 13.6. The second-order valence-electron chi connectivity index (χ2n) is 4.08. The molecule has 2 rings (SSSR count). The van der Waals surface area contributed by atoms with Gasteiger partial charge in [0.25, 0.3) is 5.91 Å². The van der Waals surface area contributed by atoms with Crippen molar-refractivity contribution in [1.29, 1.82) is 0 Å². The van der Waals surface area contributed by atoms with Crippen molar-refractivity contribution in [3.05, 3.63) is 52.3 Å². The summed E-state index contributed by atoms with van der Waals surface area (Å²) in [4.78, 5) is 11.9. The Morgan fingerprint density at radius 1 is 1.19 bits per heavy atom. The predicted molar refractivity (Wildman–Crippen MR) is 71.8 cm³/mol. The fourth-order valence-corrected chi connectivity index (χ4v) is 1.75. The van der Waals surface area contributed by atoms with E-state index in [0.717, 1.165) is 0 Å². The Bertz CT molecular complexity index is 738. The van der Waals surface area contributed by atoms with Gasteiger partial charge in [-0.15, -0.1) is 0 Å². The van der Waals surface area contributed by atoms with E-state index >= 15 is 0 Å². The van der Waals surface area contributed by atoms with Crippen molar-refractivity contribution >= 4 is 28.9 Å². The average Bonchev–Trinajstić information content (AvgIpc) is 2.44. The van der Waals surface area contributed by atoms with Gasteiger partial charge >= 0.3 is 0 Å². The zero-order valence-electron chi connectivity index (χ0n) is 10.3. The number of hydrogen-bond donors (Lipinski definition) is 3. The van der Waals surface area contributed by atoms with Crippen LogP contribution >= 0.6 is 11.6 Å². The van der Waals surface area contributed by atoms with Gasteiger partial charge in [-0.3, -0.25) is 4.79 Å². The normalized spacial score (nSPS) is 10.5. The van der Waals surface area contributed by atoms with Crippen LogP contribution in [0.15, 0.2) is 24.3 Å². The second kappa shape index (κ2) is 5.53. The third kappa shape index (κ3) is 2.87. The molecule has 0 radical (unpaired) electrons. The first-order chi connectivity index (χ1) is 9.81. The molecule has 0 atom stereocenters. The highest BCUT2D eigenvalue weighted by Gasteiger charge is 2.22. The molecule has 0 spiro atoms. The molecule has 0 saturated heterocycles. The predicted octanol–water partition coefficient (Wildman–Crippen LogP) is 3.30. The number of hydrogen-bond acceptors (Lipinski definition) is 3. The van der Waals surface area contributed by atoms with Crippen LogP contribution < -0.4 is 11.1 Å². The Morgan fingerprint density at radius 3 is 2.52 bits per heavy atom. The van der Waals surface area contributed by atoms with Crippen molar-refractivity contribution in [2.24, 2.45) is 0 Å². The Kier molecular flexibility index (Phi) is 3.95. The van der Waals surface area contributed by atoms with E-state index in [4.69, 9.17) is 22.4 Å². The summed E-state index contributed by atoms with van der Waals surface area (Å²) in [6, 6.07) is 4.51. The molecule has 0 aliphatic heterocycles. The zero-order valence-corrected chi connectivity index (χ0v) is 11.0. The van der Waals surface area contributed by atoms with Crippen LogP contribution in [0, 0.1) is 17.5 Å². The number of anilines is 2. The largest absolute Gasteiger partial charge is 0.503 e. The summed E-state index contributed by atoms with van der Waals surface area (Å²) < 4.78 is 39.7. The molecular formula is C13H8ClF3N2O2. The van der Waals surface area contributed by atoms with Crippen LogP contribution in [0.3, 0.4) is 0 Å². The van der Waals surface area contributed by atoms with Gasteiger partial charge < -0.3 is 16.2 Å². The summed E-state index contributed by atoms with van der Waals surface area (Å²) in [5.41, 5.74) is 4.98. The van der Waals surface area contributed by atoms with Crippen molar-refractivity contribution in [3.63, 3.8) is 0 Å². The highest BCUT2D eigenvalue weighted by molar-refractivity contribution is 6.34. The van der Waals surface area contributed by atoms with E-state index in [2.05, 4.69) is 5.32 Å². The first-order valence-electron chi connectivity index (χ1n) is 5.54. The number of carbonyl (C=O) groups excluding carboxylic acids is 1. The molecule has 110 valence electrons. The minimum atomic E-state index is -1.77. The van der Waals surface area contributed by atoms with Gasteiger partial charge in [-0.25, -0.2) is 8.78 Å². The maximum Gasteiger partial charge on any atom is 0.258 e. The molecule has 8 heteroatoms. The minimum absolute atomic E-state index is 0.0605. The third-order valence-electron chi connectivity index (χ3n) is 2.62. The van der Waals surface area contributed by atoms with Gasteiger partial charge in [0, 0.05) is 5.69 Å². The molecule has 0 unspecified atom stereocenters. The summed E-state index contributed by atoms with van der Waals surface area (Å²) >= 11 is 5.81. The van der Waals surface area contributed by atoms with Crippen molar-refractivity contribution in [2.45, 2.75) is 0 Å². The Hall–Kier alpha value is -2.41. The molecule has 0 fully saturated rings. The molecule has 0 bridgehead atoms. The van der Waals surface area contributed by atoms with E-state index < -0.39 is 34.7 Å². The smallest absolute Gasteiger partial charge is 0.258 e. The van der Waals surface area contributed by atoms with Crippen LogP contribution in [0.25, 0.3) is 0 Å². The first-order valence-corrected chi connectivity index (χ1v) is 5.92. The standard InChI is InChI=1S/C13H8ClF3N2O2/c14-7-2-1-5(18)3-9(7)19-13(21)6-4-8(15)11(17)12(20)10(6)16/h1-4,20H,18H2,(H,19,21). The number of nitrogens with two attached hydrogens (primary N) is 1. The van der Waals surface area contributed by atoms with Crippen molar-refractivity contribution in [3.8, 4) is 5.75 Å². The molecule has 0 aromatic heterocycles. The summed E-state index contributed by atoms with van der Waals surface area (Å²) in [6.45, 7) is 0. The highest BCUT2D eigenvalue weighted by Crippen LogP contribution is 2.28. The SMILES string of the molecule is Nc1ccc(Cl)c(NC(=O)c2cc(F)c(F)c(O)c2F)c1. The lowest BCUT2D eigenvalue weighted by molar-refractivity contribution is 0.102. The number of rotatable bonds is 2. The summed E-state index contributed by atoms with van der Waals surface area (Å²) in [6.07, 6.45) is 0. The molecule has 0 aliphatic rings. The summed E-state index contributed by atoms with van der Waals surface area (Å²) in [5.74, 6) is -7.59. The highest BCUT2D eigenvalue weighted by atomic mass is 35.5. The van der Waals surface area contributed by atoms with E-state index in [-0.39, 0.29) is 16.4 Å². The maximum absolute atomic E-state index is 13.6. The Labute approximate surface area is 121 Å². The molecule has 2 aromatic carbocycles. The van der Waals surface area contributed by atoms with Gasteiger partial charge in [0.15, 0.2) is 17.4 Å². The van der Waals surface area contributed by atoms with Gasteiger partial charge in [-0.1, -0.05) is 11.6 Å². The van der Waals surface area contributed by atoms with Crippen LogP contribution in [0.4, 0.5) is 24.5 Å². The monoisotopic (exact) mass is 316 g/mol. The molecule has 21 heavy (non-hydrogen) atoms. The quantitative estimate of drug-likeness (QED) is 0.588. The molecule has 2 aromatic rings. The number of halogens is 4. The lowest BCUT2D eigenvalue weighted by atomic mass is 10.1. The van der Waals surface area contributed by atoms with Crippen molar-refractivity contribution < 1.29 is 23.1 Å². The fourth-order valence-electron chi connectivity index (χ4n) is 1.58. The number of benzene rings is 2. The number of phenolic OH excluding ortho intramolecular Hbond substituents is 1. The van der Waals surface area contributed by atoms with E-state index in [1.54, 1.807) is 0 Å². The first kappa shape index (κ1) is 15.0. The number of nitrogens with one attached hydrogen (secondary N) is 1. The Balaban J connectivity index is 2.40. The zero-order chi connectivity index (χ0) is 15.7. The van der Waals surface area contributed by atoms with Crippen LogP contribution in [0.2, 0.25) is 5.02 Å². The van der Waals surface area contributed by atoms with E-state index in [9.17, 15) is 18.0 Å². The van der Waals surface area contributed by atoms with Gasteiger partial charge in [0.2, 0.25) is 5.82 Å². The van der Waals surface area contributed by atoms with E-state index in [0.29, 0.717) is 6.07 Å². The molecule has 1 amide bonds. The molecule has 0 saturated carbocycles. The lowest BCUT2D eigenvalue weighted by Crippen LogP contribution is -2.15. The second-order valence-corrected chi connectivity index (χ2v) is 4.48. The fraction of sp³-hybridized carbons (Fsp3) is 0. The van der Waals surface area contributed by atoms with E-state index in [1.807, 2.05) is 0 Å². The number of amides is 1. The average molecular weight is 317 g/mol. The summed E-state index contributed by atoms with van der Waals surface area (Å²) in [7, 11) is 0. The molecule has 0 aliphatic carbocycles.